The molecule has 0 aliphatic rings. The molecule has 0 spiro atoms. The van der Waals surface area contributed by atoms with Crippen molar-refractivity contribution >= 4 is 17.5 Å². The molecule has 5 nitrogen and oxygen atoms in total. The number of halogens is 1. The lowest BCUT2D eigenvalue weighted by atomic mass is 10.2. The lowest BCUT2D eigenvalue weighted by Crippen LogP contribution is -2.25. The summed E-state index contributed by atoms with van der Waals surface area (Å²) in [6, 6.07) is 1.60. The summed E-state index contributed by atoms with van der Waals surface area (Å²) in [6.45, 7) is 1.42. The highest BCUT2D eigenvalue weighted by molar-refractivity contribution is 6.33. The quantitative estimate of drug-likeness (QED) is 0.837. The fraction of sp³-hybridized carbons (Fsp3) is 0.250. The number of imidazole rings is 1. The molecule has 0 aromatic carbocycles. The van der Waals surface area contributed by atoms with Crippen LogP contribution in [0.5, 0.6) is 0 Å². The van der Waals surface area contributed by atoms with Crippen molar-refractivity contribution in [3.05, 3.63) is 47.8 Å². The molecule has 2 heterocycles. The minimum absolute atomic E-state index is 0.173. The van der Waals surface area contributed by atoms with Gasteiger partial charge < -0.3 is 9.88 Å². The molecule has 0 radical (unpaired) electrons. The smallest absolute Gasteiger partial charge is 0.252 e. The predicted molar refractivity (Wildman–Crippen MR) is 68.4 cm³/mol. The van der Waals surface area contributed by atoms with Crippen molar-refractivity contribution in [3.8, 4) is 0 Å². The lowest BCUT2D eigenvalue weighted by Gasteiger charge is -2.06. The van der Waals surface area contributed by atoms with Gasteiger partial charge in [0.25, 0.3) is 5.91 Å². The summed E-state index contributed by atoms with van der Waals surface area (Å²) in [7, 11) is 0. The van der Waals surface area contributed by atoms with Crippen LogP contribution in [0.1, 0.15) is 16.8 Å². The van der Waals surface area contributed by atoms with Crippen LogP contribution in [0.4, 0.5) is 0 Å². The second kappa shape index (κ2) is 6.16. The van der Waals surface area contributed by atoms with Crippen molar-refractivity contribution in [2.24, 2.45) is 0 Å². The van der Waals surface area contributed by atoms with Gasteiger partial charge in [0, 0.05) is 37.9 Å². The highest BCUT2D eigenvalue weighted by Crippen LogP contribution is 2.12. The normalized spacial score (nSPS) is 10.3. The van der Waals surface area contributed by atoms with E-state index in [9.17, 15) is 4.79 Å². The van der Waals surface area contributed by atoms with Crippen molar-refractivity contribution in [1.29, 1.82) is 0 Å². The Hall–Kier alpha value is -1.88. The molecule has 1 N–H and O–H groups in total. The summed E-state index contributed by atoms with van der Waals surface area (Å²) in [5.41, 5.74) is 0.453. The molecule has 18 heavy (non-hydrogen) atoms. The molecule has 0 saturated heterocycles. The van der Waals surface area contributed by atoms with Gasteiger partial charge >= 0.3 is 0 Å². The van der Waals surface area contributed by atoms with Gasteiger partial charge in [-0.15, -0.1) is 0 Å². The number of rotatable bonds is 5. The number of pyridine rings is 1. The first-order valence-corrected chi connectivity index (χ1v) is 5.98. The van der Waals surface area contributed by atoms with E-state index in [4.69, 9.17) is 11.6 Å². The summed E-state index contributed by atoms with van der Waals surface area (Å²) < 4.78 is 1.96. The van der Waals surface area contributed by atoms with E-state index < -0.39 is 0 Å². The molecule has 0 bridgehead atoms. The number of carbonyl (C=O) groups excluding carboxylic acids is 1. The third-order valence-electron chi connectivity index (χ3n) is 2.45. The molecular weight excluding hydrogens is 252 g/mol. The van der Waals surface area contributed by atoms with Crippen molar-refractivity contribution in [2.75, 3.05) is 6.54 Å². The number of hydrogen-bond acceptors (Lipinski definition) is 3. The molecule has 94 valence electrons. The van der Waals surface area contributed by atoms with Crippen molar-refractivity contribution in [3.63, 3.8) is 0 Å². The van der Waals surface area contributed by atoms with Crippen molar-refractivity contribution < 1.29 is 4.79 Å². The van der Waals surface area contributed by atoms with E-state index in [1.54, 1.807) is 24.8 Å². The number of hydrogen-bond donors (Lipinski definition) is 1. The average Bonchev–Trinajstić information content (AvgIpc) is 2.88. The maximum absolute atomic E-state index is 11.8. The summed E-state index contributed by atoms with van der Waals surface area (Å²) >= 11 is 5.88. The first-order chi connectivity index (χ1) is 8.77. The van der Waals surface area contributed by atoms with Gasteiger partial charge in [-0.1, -0.05) is 11.6 Å². The number of carbonyl (C=O) groups is 1. The van der Waals surface area contributed by atoms with E-state index in [-0.39, 0.29) is 5.91 Å². The van der Waals surface area contributed by atoms with Crippen LogP contribution < -0.4 is 5.32 Å². The van der Waals surface area contributed by atoms with Gasteiger partial charge in [0.1, 0.15) is 0 Å². The first kappa shape index (κ1) is 12.6. The van der Waals surface area contributed by atoms with Crippen LogP contribution in [-0.2, 0) is 6.54 Å². The van der Waals surface area contributed by atoms with E-state index in [2.05, 4.69) is 15.3 Å². The minimum Gasteiger partial charge on any atom is -0.352 e. The van der Waals surface area contributed by atoms with Gasteiger partial charge in [-0.3, -0.25) is 9.78 Å². The molecule has 2 rings (SSSR count). The van der Waals surface area contributed by atoms with Gasteiger partial charge in [-0.05, 0) is 12.5 Å². The SMILES string of the molecule is O=C(NCCCn1ccnc1)c1ccncc1Cl. The largest absolute Gasteiger partial charge is 0.352 e. The molecule has 6 heteroatoms. The number of aromatic nitrogens is 3. The van der Waals surface area contributed by atoms with Crippen molar-refractivity contribution in [1.82, 2.24) is 19.9 Å². The fourth-order valence-electron chi connectivity index (χ4n) is 1.54. The topological polar surface area (TPSA) is 59.8 Å². The number of aryl methyl sites for hydroxylation is 1. The van der Waals surface area contributed by atoms with Crippen LogP contribution in [0, 0.1) is 0 Å². The minimum atomic E-state index is -0.173. The fourth-order valence-corrected chi connectivity index (χ4v) is 1.74. The molecule has 0 unspecified atom stereocenters. The van der Waals surface area contributed by atoms with E-state index in [1.807, 2.05) is 10.8 Å². The zero-order chi connectivity index (χ0) is 12.8. The van der Waals surface area contributed by atoms with E-state index in [0.717, 1.165) is 13.0 Å². The molecule has 0 fully saturated rings. The van der Waals surface area contributed by atoms with Crippen LogP contribution in [0.25, 0.3) is 0 Å². The van der Waals surface area contributed by atoms with Crippen LogP contribution >= 0.6 is 11.6 Å². The average molecular weight is 265 g/mol. The third-order valence-corrected chi connectivity index (χ3v) is 2.76. The Morgan fingerprint density at radius 3 is 3.00 bits per heavy atom. The molecule has 1 amide bonds. The molecular formula is C12H13ClN4O. The maximum Gasteiger partial charge on any atom is 0.252 e. The second-order valence-electron chi connectivity index (χ2n) is 3.77. The number of amides is 1. The Kier molecular flexibility index (Phi) is 4.30. The summed E-state index contributed by atoms with van der Waals surface area (Å²) in [5.74, 6) is -0.173. The zero-order valence-electron chi connectivity index (χ0n) is 9.71. The molecule has 0 aliphatic heterocycles. The highest BCUT2D eigenvalue weighted by atomic mass is 35.5. The van der Waals surface area contributed by atoms with E-state index in [1.165, 1.54) is 6.20 Å². The zero-order valence-corrected chi connectivity index (χ0v) is 10.5. The monoisotopic (exact) mass is 264 g/mol. The van der Waals surface area contributed by atoms with Crippen LogP contribution in [-0.4, -0.2) is 27.0 Å². The van der Waals surface area contributed by atoms with Gasteiger partial charge in [-0.25, -0.2) is 4.98 Å². The van der Waals surface area contributed by atoms with Crippen LogP contribution in [0.3, 0.4) is 0 Å². The Balaban J connectivity index is 1.77. The van der Waals surface area contributed by atoms with Crippen LogP contribution in [0.15, 0.2) is 37.2 Å². The number of nitrogens with zero attached hydrogens (tertiary/aromatic N) is 3. The van der Waals surface area contributed by atoms with E-state index in [0.29, 0.717) is 17.1 Å². The molecule has 2 aromatic rings. The Bertz CT molecular complexity index is 513. The van der Waals surface area contributed by atoms with Crippen molar-refractivity contribution in [2.45, 2.75) is 13.0 Å². The summed E-state index contributed by atoms with van der Waals surface area (Å²) in [6.07, 6.45) is 9.22. The highest BCUT2D eigenvalue weighted by Gasteiger charge is 2.08. The molecule has 0 atom stereocenters. The van der Waals surface area contributed by atoms with E-state index >= 15 is 0 Å². The van der Waals surface area contributed by atoms with Gasteiger partial charge in [0.05, 0.1) is 16.9 Å². The maximum atomic E-state index is 11.8. The standard InChI is InChI=1S/C12H13ClN4O/c13-11-8-14-4-2-10(11)12(18)16-3-1-6-17-7-5-15-9-17/h2,4-5,7-9H,1,3,6H2,(H,16,18). The first-order valence-electron chi connectivity index (χ1n) is 5.61. The molecule has 0 saturated carbocycles. The summed E-state index contributed by atoms with van der Waals surface area (Å²) in [5, 5.41) is 3.18. The molecule has 0 aliphatic carbocycles. The lowest BCUT2D eigenvalue weighted by molar-refractivity contribution is 0.0953. The van der Waals surface area contributed by atoms with Gasteiger partial charge in [0.15, 0.2) is 0 Å². The van der Waals surface area contributed by atoms with Crippen LogP contribution in [0.2, 0.25) is 5.02 Å². The summed E-state index contributed by atoms with van der Waals surface area (Å²) in [4.78, 5) is 19.6. The predicted octanol–water partition coefficient (Wildman–Crippen LogP) is 1.75. The Labute approximate surface area is 110 Å². The van der Waals surface area contributed by atoms with Gasteiger partial charge in [-0.2, -0.15) is 0 Å². The Morgan fingerprint density at radius 2 is 2.28 bits per heavy atom. The number of nitrogens with one attached hydrogen (secondary N) is 1. The third kappa shape index (κ3) is 3.30. The second-order valence-corrected chi connectivity index (χ2v) is 4.17. The van der Waals surface area contributed by atoms with Gasteiger partial charge in [0.2, 0.25) is 0 Å². The Morgan fingerprint density at radius 1 is 1.39 bits per heavy atom. The molecule has 2 aromatic heterocycles.